The van der Waals surface area contributed by atoms with Gasteiger partial charge in [-0.3, -0.25) is 0 Å². The van der Waals surface area contributed by atoms with Gasteiger partial charge in [0, 0.05) is 0 Å². The van der Waals surface area contributed by atoms with Crippen LogP contribution in [0, 0.1) is 0 Å². The Kier molecular flexibility index (Phi) is 8.25. The van der Waals surface area contributed by atoms with Crippen LogP contribution < -0.4 is 0 Å². The Bertz CT molecular complexity index is 1120. The van der Waals surface area contributed by atoms with Crippen LogP contribution in [-0.2, 0) is 0 Å². The lowest BCUT2D eigenvalue weighted by Crippen LogP contribution is -2.80. The highest BCUT2D eigenvalue weighted by atomic mass is 19.4. The third-order valence-electron chi connectivity index (χ3n) is 5.99. The Morgan fingerprint density at radius 2 is 0.400 bits per heavy atom. The van der Waals surface area contributed by atoms with Gasteiger partial charge >= 0.3 is 88.8 Å². The van der Waals surface area contributed by atoms with Crippen molar-refractivity contribution in [3.63, 3.8) is 0 Å². The van der Waals surface area contributed by atoms with Gasteiger partial charge in [0.15, 0.2) is 0 Å². The second-order valence-corrected chi connectivity index (χ2v) is 8.62. The second-order valence-electron chi connectivity index (χ2n) is 8.62. The highest BCUT2D eigenvalue weighted by molar-refractivity contribution is 5.34. The first-order chi connectivity index (χ1) is 18.8. The summed E-state index contributed by atoms with van der Waals surface area (Å²) in [6.45, 7) is 0. The molecular weight excluding hydrogens is 750 g/mol. The largest absolute Gasteiger partial charge is 0.460 e. The van der Waals surface area contributed by atoms with Gasteiger partial charge in [-0.2, -0.15) is 127 Å². The molecule has 270 valence electrons. The molecule has 30 heteroatoms. The van der Waals surface area contributed by atoms with E-state index in [2.05, 4.69) is 0 Å². The van der Waals surface area contributed by atoms with E-state index in [9.17, 15) is 132 Å². The van der Waals surface area contributed by atoms with E-state index in [1.54, 1.807) is 0 Å². The summed E-state index contributed by atoms with van der Waals surface area (Å²) in [6, 6.07) is 0. The van der Waals surface area contributed by atoms with Crippen molar-refractivity contribution in [2.45, 2.75) is 88.8 Å². The van der Waals surface area contributed by atoms with Gasteiger partial charge in [-0.1, -0.05) is 0 Å². The predicted molar refractivity (Wildman–Crippen MR) is 74.2 cm³/mol. The molecule has 0 radical (unpaired) electrons. The molecule has 0 nitrogen and oxygen atoms in total. The van der Waals surface area contributed by atoms with Gasteiger partial charge in [0.1, 0.15) is 0 Å². The maximum atomic E-state index is 14.2. The van der Waals surface area contributed by atoms with Crippen molar-refractivity contribution in [2.75, 3.05) is 0 Å². The molecule has 1 fully saturated rings. The molecule has 0 aromatic heterocycles. The molecule has 1 saturated carbocycles. The minimum atomic E-state index is -10.0. The van der Waals surface area contributed by atoms with Crippen LogP contribution in [0.3, 0.4) is 0 Å². The number of hydrogen-bond acceptors (Lipinski definition) is 0. The molecule has 0 aliphatic heterocycles. The van der Waals surface area contributed by atoms with Crippen LogP contribution in [0.5, 0.6) is 0 Å². The Labute approximate surface area is 222 Å². The number of alkyl halides is 30. The van der Waals surface area contributed by atoms with Crippen LogP contribution in [0.1, 0.15) is 0 Å². The monoisotopic (exact) mass is 750 g/mol. The topological polar surface area (TPSA) is 0 Å². The van der Waals surface area contributed by atoms with Crippen LogP contribution in [0.15, 0.2) is 0 Å². The molecule has 0 spiro atoms. The third-order valence-corrected chi connectivity index (χ3v) is 5.99. The van der Waals surface area contributed by atoms with Crippen LogP contribution in [0.2, 0.25) is 0 Å². The van der Waals surface area contributed by atoms with E-state index >= 15 is 0 Å². The molecule has 45 heavy (non-hydrogen) atoms. The summed E-state index contributed by atoms with van der Waals surface area (Å²) in [5.41, 5.74) is -9.42. The van der Waals surface area contributed by atoms with Crippen molar-refractivity contribution >= 4 is 0 Å². The van der Waals surface area contributed by atoms with Crippen molar-refractivity contribution in [1.29, 1.82) is 0 Å². The van der Waals surface area contributed by atoms with E-state index in [-0.39, 0.29) is 0 Å². The van der Waals surface area contributed by atoms with E-state index in [1.807, 2.05) is 0 Å². The minimum Gasteiger partial charge on any atom is -0.223 e. The van der Waals surface area contributed by atoms with E-state index in [0.29, 0.717) is 0 Å². The molecule has 0 aromatic rings. The first kappa shape index (κ1) is 40.9. The molecule has 0 saturated heterocycles. The summed E-state index contributed by atoms with van der Waals surface area (Å²) in [5, 5.41) is 0. The van der Waals surface area contributed by atoms with E-state index < -0.39 is 88.8 Å². The summed E-state index contributed by atoms with van der Waals surface area (Å²) < 4.78 is 399. The number of rotatable bonds is 9. The van der Waals surface area contributed by atoms with Gasteiger partial charge in [0.05, 0.1) is 0 Å². The zero-order valence-corrected chi connectivity index (χ0v) is 18.8. The zero-order valence-electron chi connectivity index (χ0n) is 18.8. The normalized spacial score (nSPS) is 23.3. The quantitative estimate of drug-likeness (QED) is 0.206. The van der Waals surface area contributed by atoms with Crippen molar-refractivity contribution in [3.05, 3.63) is 0 Å². The second kappa shape index (κ2) is 9.07. The van der Waals surface area contributed by atoms with E-state index in [1.165, 1.54) is 0 Å². The van der Waals surface area contributed by atoms with Crippen LogP contribution in [-0.4, -0.2) is 88.8 Å². The number of hydrogen-bond donors (Lipinski definition) is 0. The zero-order chi connectivity index (χ0) is 37.5. The van der Waals surface area contributed by atoms with E-state index in [0.717, 1.165) is 0 Å². The maximum absolute atomic E-state index is 14.2. The molecule has 0 unspecified atom stereocenters. The van der Waals surface area contributed by atoms with Gasteiger partial charge in [0.2, 0.25) is 0 Å². The fourth-order valence-electron chi connectivity index (χ4n) is 3.19. The molecule has 0 amide bonds. The van der Waals surface area contributed by atoms with Gasteiger partial charge in [-0.15, -0.1) is 0 Å². The van der Waals surface area contributed by atoms with Gasteiger partial charge < -0.3 is 0 Å². The Balaban J connectivity index is 4.11. The van der Waals surface area contributed by atoms with Crippen LogP contribution in [0.25, 0.3) is 0 Å². The lowest BCUT2D eigenvalue weighted by atomic mass is 9.79. The highest BCUT2D eigenvalue weighted by Gasteiger charge is 3.09. The molecule has 1 aliphatic rings. The predicted octanol–water partition coefficient (Wildman–Crippen LogP) is 9.53. The van der Waals surface area contributed by atoms with Crippen molar-refractivity contribution in [3.8, 4) is 0 Å². The van der Waals surface area contributed by atoms with Crippen molar-refractivity contribution in [1.82, 2.24) is 0 Å². The first-order valence-corrected chi connectivity index (χ1v) is 9.42. The molecule has 1 aliphatic carbocycles. The minimum absolute atomic E-state index is 8.32. The summed E-state index contributed by atoms with van der Waals surface area (Å²) in [7, 11) is 0. The SMILES string of the molecule is FC(F)(F)C(F)(F)C(F)(F)C(F)(F)C(F)(F)C(F)(F)C(F)(F)C(F)(F)C(F)(F)C(F)(F)C1(F)C(F)(F)C(F)(F)C(F)(F)C1(F)F. The van der Waals surface area contributed by atoms with E-state index in [4.69, 9.17) is 0 Å². The fourth-order valence-corrected chi connectivity index (χ4v) is 3.19. The molecule has 0 bridgehead atoms. The van der Waals surface area contributed by atoms with Crippen LogP contribution in [0.4, 0.5) is 132 Å². The molecule has 0 aromatic carbocycles. The molecule has 1 rings (SSSR count). The third kappa shape index (κ3) is 3.78. The summed E-state index contributed by atoms with van der Waals surface area (Å²) in [5.74, 6) is -122. The Hall–Kier alpha value is -2.10. The average molecular weight is 750 g/mol. The Morgan fingerprint density at radius 3 is 0.600 bits per heavy atom. The fraction of sp³-hybridized carbons (Fsp3) is 1.00. The maximum Gasteiger partial charge on any atom is 0.460 e. The van der Waals surface area contributed by atoms with Gasteiger partial charge in [0.25, 0.3) is 0 Å². The average Bonchev–Trinajstić information content (AvgIpc) is 2.85. The Morgan fingerprint density at radius 1 is 0.222 bits per heavy atom. The molecular formula is C15F30. The smallest absolute Gasteiger partial charge is 0.223 e. The molecule has 0 heterocycles. The van der Waals surface area contributed by atoms with Gasteiger partial charge in [-0.25, -0.2) is 4.39 Å². The molecule has 0 atom stereocenters. The lowest BCUT2D eigenvalue weighted by Gasteiger charge is -2.46. The lowest BCUT2D eigenvalue weighted by molar-refractivity contribution is -0.481. The van der Waals surface area contributed by atoms with Crippen molar-refractivity contribution in [2.24, 2.45) is 0 Å². The summed E-state index contributed by atoms with van der Waals surface area (Å²) in [4.78, 5) is 0. The van der Waals surface area contributed by atoms with Crippen molar-refractivity contribution < 1.29 is 132 Å². The molecule has 0 N–H and O–H groups in total. The standard InChI is InChI=1S/C15F30/c16-1(2(17,18)5(23,24)6(25,26)3(1,19)20)4(21,22)7(27,28)8(29,30)9(31,32)10(33,34)11(35,36)12(37,38)13(39,40)14(41,42)15(43,44)45. The van der Waals surface area contributed by atoms with Crippen LogP contribution >= 0.6 is 0 Å². The number of halogens is 30. The summed E-state index contributed by atoms with van der Waals surface area (Å²) >= 11 is 0. The first-order valence-electron chi connectivity index (χ1n) is 9.42. The highest BCUT2D eigenvalue weighted by Crippen LogP contribution is 2.76. The van der Waals surface area contributed by atoms with Gasteiger partial charge in [-0.05, 0) is 0 Å². The summed E-state index contributed by atoms with van der Waals surface area (Å²) in [6.07, 6.45) is -8.32.